The Labute approximate surface area is 200 Å². The Kier molecular flexibility index (Phi) is 7.40. The largest absolute Gasteiger partial charge is 0.396 e. The molecule has 4 rings (SSSR count). The van der Waals surface area contributed by atoms with E-state index < -0.39 is 5.54 Å². The van der Waals surface area contributed by atoms with Crippen LogP contribution >= 0.6 is 0 Å². The summed E-state index contributed by atoms with van der Waals surface area (Å²) in [5.41, 5.74) is 3.17. The molecule has 0 aliphatic rings. The molecular formula is C28H30N4O2. The van der Waals surface area contributed by atoms with Crippen molar-refractivity contribution in [2.75, 3.05) is 23.4 Å². The minimum atomic E-state index is -0.730. The van der Waals surface area contributed by atoms with Crippen LogP contribution in [-0.2, 0) is 17.4 Å². The molecule has 0 atom stereocenters. The maximum absolute atomic E-state index is 12.0. The van der Waals surface area contributed by atoms with Crippen molar-refractivity contribution in [3.05, 3.63) is 114 Å². The van der Waals surface area contributed by atoms with E-state index in [2.05, 4.69) is 46.8 Å². The molecular weight excluding hydrogens is 424 g/mol. The third-order valence-corrected chi connectivity index (χ3v) is 6.09. The van der Waals surface area contributed by atoms with E-state index in [1.165, 1.54) is 0 Å². The van der Waals surface area contributed by atoms with E-state index in [0.29, 0.717) is 25.1 Å². The minimum Gasteiger partial charge on any atom is -0.396 e. The maximum Gasteiger partial charge on any atom is 0.214 e. The summed E-state index contributed by atoms with van der Waals surface area (Å²) in [6.07, 6.45) is 3.87. The quantitative estimate of drug-likeness (QED) is 0.198. The zero-order valence-electron chi connectivity index (χ0n) is 19.3. The number of carbonyl (C=O) groups is 1. The number of hydrogen-bond donors (Lipinski definition) is 2. The van der Waals surface area contributed by atoms with E-state index in [0.717, 1.165) is 28.9 Å². The summed E-state index contributed by atoms with van der Waals surface area (Å²) in [5.74, 6) is 0.729. The molecule has 0 aliphatic carbocycles. The van der Waals surface area contributed by atoms with Gasteiger partial charge in [-0.15, -0.1) is 0 Å². The van der Waals surface area contributed by atoms with Gasteiger partial charge in [0.2, 0.25) is 6.41 Å². The van der Waals surface area contributed by atoms with Gasteiger partial charge in [0, 0.05) is 20.2 Å². The van der Waals surface area contributed by atoms with Crippen molar-refractivity contribution >= 4 is 17.9 Å². The summed E-state index contributed by atoms with van der Waals surface area (Å²) in [6, 6.07) is 30.9. The van der Waals surface area contributed by atoms with Crippen LogP contribution in [0.5, 0.6) is 0 Å². The molecule has 1 aromatic heterocycles. The SMILES string of the molecule is Cn1ncc(N(C=O)CCCCO)c1NC(c1ccccc1)(c1ccccc1)c1ccccc1. The first-order valence-electron chi connectivity index (χ1n) is 11.5. The van der Waals surface area contributed by atoms with Gasteiger partial charge in [-0.3, -0.25) is 9.48 Å². The van der Waals surface area contributed by atoms with Crippen LogP contribution in [0.2, 0.25) is 0 Å². The number of rotatable bonds is 11. The number of aliphatic hydroxyl groups is 1. The Morgan fingerprint density at radius 1 is 0.882 bits per heavy atom. The first-order chi connectivity index (χ1) is 16.7. The topological polar surface area (TPSA) is 70.4 Å². The standard InChI is InChI=1S/C28H30N4O2/c1-31-27(26(21-29-31)32(22-34)19-11-12-20-33)30-28(23-13-5-2-6-14-23,24-15-7-3-8-16-24)25-17-9-4-10-18-25/h2-10,13-18,21-22,30,33H,11-12,19-20H2,1H3. The summed E-state index contributed by atoms with van der Waals surface area (Å²) in [4.78, 5) is 13.7. The van der Waals surface area contributed by atoms with Crippen LogP contribution in [0, 0.1) is 0 Å². The number of carbonyl (C=O) groups excluding carboxylic acids is 1. The number of amides is 1. The average molecular weight is 455 g/mol. The molecule has 0 fully saturated rings. The van der Waals surface area contributed by atoms with E-state index >= 15 is 0 Å². The van der Waals surface area contributed by atoms with Crippen molar-refractivity contribution < 1.29 is 9.90 Å². The van der Waals surface area contributed by atoms with Gasteiger partial charge in [-0.25, -0.2) is 0 Å². The Morgan fingerprint density at radius 3 is 1.82 bits per heavy atom. The fourth-order valence-corrected chi connectivity index (χ4v) is 4.36. The summed E-state index contributed by atoms with van der Waals surface area (Å²) in [7, 11) is 1.87. The molecule has 6 nitrogen and oxygen atoms in total. The number of aryl methyl sites for hydroxylation is 1. The molecule has 0 radical (unpaired) electrons. The van der Waals surface area contributed by atoms with E-state index in [1.807, 2.05) is 61.6 Å². The predicted molar refractivity (Wildman–Crippen MR) is 136 cm³/mol. The smallest absolute Gasteiger partial charge is 0.214 e. The second-order valence-corrected chi connectivity index (χ2v) is 8.20. The van der Waals surface area contributed by atoms with E-state index in [1.54, 1.807) is 15.8 Å². The monoisotopic (exact) mass is 454 g/mol. The lowest BCUT2D eigenvalue weighted by Crippen LogP contribution is -2.39. The van der Waals surface area contributed by atoms with E-state index in [-0.39, 0.29) is 6.61 Å². The number of benzene rings is 3. The van der Waals surface area contributed by atoms with Crippen LogP contribution in [0.1, 0.15) is 29.5 Å². The number of aromatic nitrogens is 2. The first-order valence-corrected chi connectivity index (χ1v) is 11.5. The normalized spacial score (nSPS) is 11.2. The van der Waals surface area contributed by atoms with Crippen LogP contribution in [0.25, 0.3) is 0 Å². The molecule has 6 heteroatoms. The van der Waals surface area contributed by atoms with Gasteiger partial charge in [-0.1, -0.05) is 91.0 Å². The molecule has 4 aromatic rings. The van der Waals surface area contributed by atoms with Crippen LogP contribution in [0.4, 0.5) is 11.5 Å². The van der Waals surface area contributed by atoms with Gasteiger partial charge < -0.3 is 15.3 Å². The molecule has 0 spiro atoms. The second-order valence-electron chi connectivity index (χ2n) is 8.20. The van der Waals surface area contributed by atoms with Gasteiger partial charge in [0.05, 0.1) is 6.20 Å². The van der Waals surface area contributed by atoms with Gasteiger partial charge in [-0.2, -0.15) is 5.10 Å². The highest BCUT2D eigenvalue weighted by atomic mass is 16.3. The Bertz CT molecular complexity index is 1080. The van der Waals surface area contributed by atoms with E-state index in [4.69, 9.17) is 0 Å². The summed E-state index contributed by atoms with van der Waals surface area (Å²) in [5, 5.41) is 17.5. The van der Waals surface area contributed by atoms with Crippen molar-refractivity contribution in [1.29, 1.82) is 0 Å². The molecule has 0 unspecified atom stereocenters. The zero-order valence-corrected chi connectivity index (χ0v) is 19.3. The highest BCUT2D eigenvalue weighted by Crippen LogP contribution is 2.41. The summed E-state index contributed by atoms with van der Waals surface area (Å²) < 4.78 is 1.77. The number of nitrogens with one attached hydrogen (secondary N) is 1. The fourth-order valence-electron chi connectivity index (χ4n) is 4.36. The number of unbranched alkanes of at least 4 members (excludes halogenated alkanes) is 1. The van der Waals surface area contributed by atoms with Gasteiger partial charge in [0.15, 0.2) is 0 Å². The van der Waals surface area contributed by atoms with Crippen molar-refractivity contribution in [1.82, 2.24) is 9.78 Å². The molecule has 174 valence electrons. The zero-order chi connectivity index (χ0) is 23.8. The van der Waals surface area contributed by atoms with Crippen molar-refractivity contribution in [3.63, 3.8) is 0 Å². The van der Waals surface area contributed by atoms with Crippen molar-refractivity contribution in [3.8, 4) is 0 Å². The molecule has 1 amide bonds. The molecule has 2 N–H and O–H groups in total. The third kappa shape index (κ3) is 4.58. The first kappa shape index (κ1) is 23.3. The molecule has 0 bridgehead atoms. The van der Waals surface area contributed by atoms with Crippen LogP contribution in [-0.4, -0.2) is 34.4 Å². The van der Waals surface area contributed by atoms with Gasteiger partial charge in [-0.05, 0) is 29.5 Å². The lowest BCUT2D eigenvalue weighted by atomic mass is 9.77. The average Bonchev–Trinajstić information content (AvgIpc) is 3.26. The molecule has 0 saturated carbocycles. The van der Waals surface area contributed by atoms with Gasteiger partial charge in [0.1, 0.15) is 17.0 Å². The lowest BCUT2D eigenvalue weighted by Gasteiger charge is -2.38. The Hall–Kier alpha value is -3.90. The molecule has 0 saturated heterocycles. The molecule has 3 aromatic carbocycles. The number of hydrogen-bond acceptors (Lipinski definition) is 4. The molecule has 0 aliphatic heterocycles. The minimum absolute atomic E-state index is 0.101. The summed E-state index contributed by atoms with van der Waals surface area (Å²) >= 11 is 0. The lowest BCUT2D eigenvalue weighted by molar-refractivity contribution is -0.107. The molecule has 34 heavy (non-hydrogen) atoms. The number of aliphatic hydroxyl groups excluding tert-OH is 1. The number of nitrogens with zero attached hydrogens (tertiary/aromatic N) is 3. The second kappa shape index (κ2) is 10.8. The highest BCUT2D eigenvalue weighted by Gasteiger charge is 2.38. The Morgan fingerprint density at radius 2 is 1.38 bits per heavy atom. The van der Waals surface area contributed by atoms with Crippen molar-refractivity contribution in [2.24, 2.45) is 7.05 Å². The van der Waals surface area contributed by atoms with Crippen LogP contribution < -0.4 is 10.2 Å². The van der Waals surface area contributed by atoms with Gasteiger partial charge in [0.25, 0.3) is 0 Å². The Balaban J connectivity index is 1.91. The number of anilines is 2. The van der Waals surface area contributed by atoms with Crippen molar-refractivity contribution in [2.45, 2.75) is 18.4 Å². The fraction of sp³-hybridized carbons (Fsp3) is 0.214. The third-order valence-electron chi connectivity index (χ3n) is 6.09. The maximum atomic E-state index is 12.0. The van der Waals surface area contributed by atoms with Gasteiger partial charge >= 0.3 is 0 Å². The highest BCUT2D eigenvalue weighted by molar-refractivity contribution is 5.82. The van der Waals surface area contributed by atoms with E-state index in [9.17, 15) is 9.90 Å². The van der Waals surface area contributed by atoms with Crippen LogP contribution in [0.3, 0.4) is 0 Å². The predicted octanol–water partition coefficient (Wildman–Crippen LogP) is 4.56. The van der Waals surface area contributed by atoms with Crippen LogP contribution in [0.15, 0.2) is 97.2 Å². The molecule has 1 heterocycles. The summed E-state index contributed by atoms with van der Waals surface area (Å²) in [6.45, 7) is 0.601.